The predicted molar refractivity (Wildman–Crippen MR) is 104 cm³/mol. The summed E-state index contributed by atoms with van der Waals surface area (Å²) < 4.78 is 2.08. The molecule has 1 N–H and O–H groups in total. The van der Waals surface area contributed by atoms with Crippen molar-refractivity contribution in [1.82, 2.24) is 4.98 Å². The lowest BCUT2D eigenvalue weighted by Crippen LogP contribution is -2.16. The van der Waals surface area contributed by atoms with Crippen LogP contribution in [0, 0.1) is 6.92 Å². The highest BCUT2D eigenvalue weighted by Gasteiger charge is 2.13. The molecular formula is C19H20N2OS2. The number of carbonyl (C=O) groups is 1. The van der Waals surface area contributed by atoms with Gasteiger partial charge in [0.1, 0.15) is 0 Å². The van der Waals surface area contributed by atoms with Crippen molar-refractivity contribution in [2.75, 3.05) is 11.1 Å². The summed E-state index contributed by atoms with van der Waals surface area (Å²) >= 11 is 3.12. The highest BCUT2D eigenvalue weighted by atomic mass is 32.2. The van der Waals surface area contributed by atoms with Gasteiger partial charge >= 0.3 is 0 Å². The molecule has 24 heavy (non-hydrogen) atoms. The molecule has 0 fully saturated rings. The van der Waals surface area contributed by atoms with Gasteiger partial charge in [0.25, 0.3) is 0 Å². The fourth-order valence-corrected chi connectivity index (χ4v) is 4.43. The van der Waals surface area contributed by atoms with E-state index in [0.717, 1.165) is 25.8 Å². The number of para-hydroxylation sites is 2. The molecule has 0 aliphatic heterocycles. The molecule has 0 aliphatic carbocycles. The minimum Gasteiger partial charge on any atom is -0.325 e. The number of thioether (sulfide) groups is 1. The van der Waals surface area contributed by atoms with Gasteiger partial charge in [-0.15, -0.1) is 11.3 Å². The van der Waals surface area contributed by atoms with E-state index in [4.69, 9.17) is 0 Å². The molecule has 0 radical (unpaired) electrons. The number of hydrogen-bond donors (Lipinski definition) is 1. The van der Waals surface area contributed by atoms with Crippen LogP contribution in [-0.4, -0.2) is 16.6 Å². The fraction of sp³-hybridized carbons (Fsp3) is 0.263. The van der Waals surface area contributed by atoms with Crippen LogP contribution < -0.4 is 5.32 Å². The molecule has 0 atom stereocenters. The smallest absolute Gasteiger partial charge is 0.234 e. The normalized spacial score (nSPS) is 11.2. The molecule has 124 valence electrons. The monoisotopic (exact) mass is 356 g/mol. The molecule has 0 unspecified atom stereocenters. The van der Waals surface area contributed by atoms with Gasteiger partial charge in [0.15, 0.2) is 4.34 Å². The lowest BCUT2D eigenvalue weighted by atomic mass is 9.98. The first-order valence-electron chi connectivity index (χ1n) is 7.92. The van der Waals surface area contributed by atoms with Gasteiger partial charge in [-0.1, -0.05) is 55.9 Å². The third-order valence-corrected chi connectivity index (χ3v) is 5.97. The third-order valence-electron chi connectivity index (χ3n) is 3.79. The van der Waals surface area contributed by atoms with Crippen LogP contribution in [0.2, 0.25) is 0 Å². The Kier molecular flexibility index (Phi) is 5.21. The van der Waals surface area contributed by atoms with Crippen molar-refractivity contribution >= 4 is 44.9 Å². The van der Waals surface area contributed by atoms with E-state index in [-0.39, 0.29) is 5.91 Å². The van der Waals surface area contributed by atoms with Gasteiger partial charge in [-0.05, 0) is 36.1 Å². The summed E-state index contributed by atoms with van der Waals surface area (Å²) in [6, 6.07) is 14.2. The van der Waals surface area contributed by atoms with Gasteiger partial charge in [0.2, 0.25) is 5.91 Å². The number of benzene rings is 2. The number of nitrogens with one attached hydrogen (secondary N) is 1. The van der Waals surface area contributed by atoms with Crippen molar-refractivity contribution in [1.29, 1.82) is 0 Å². The Morgan fingerprint density at radius 1 is 1.21 bits per heavy atom. The molecule has 1 aromatic heterocycles. The van der Waals surface area contributed by atoms with E-state index in [9.17, 15) is 4.79 Å². The Morgan fingerprint density at radius 3 is 2.75 bits per heavy atom. The highest BCUT2D eigenvalue weighted by molar-refractivity contribution is 8.01. The van der Waals surface area contributed by atoms with Crippen LogP contribution >= 0.6 is 23.1 Å². The number of carbonyl (C=O) groups excluding carboxylic acids is 1. The molecule has 3 nitrogen and oxygen atoms in total. The van der Waals surface area contributed by atoms with E-state index in [1.807, 2.05) is 37.3 Å². The van der Waals surface area contributed by atoms with Crippen LogP contribution in [0.1, 0.15) is 30.9 Å². The first kappa shape index (κ1) is 17.0. The van der Waals surface area contributed by atoms with E-state index in [1.165, 1.54) is 17.3 Å². The number of rotatable bonds is 5. The van der Waals surface area contributed by atoms with Crippen LogP contribution in [-0.2, 0) is 4.79 Å². The van der Waals surface area contributed by atoms with E-state index >= 15 is 0 Å². The van der Waals surface area contributed by atoms with Crippen molar-refractivity contribution in [2.24, 2.45) is 0 Å². The second kappa shape index (κ2) is 7.36. The number of aromatic nitrogens is 1. The van der Waals surface area contributed by atoms with E-state index in [0.29, 0.717) is 11.7 Å². The average Bonchev–Trinajstić information content (AvgIpc) is 2.97. The van der Waals surface area contributed by atoms with Crippen molar-refractivity contribution in [3.63, 3.8) is 0 Å². The van der Waals surface area contributed by atoms with Gasteiger partial charge in [-0.25, -0.2) is 4.98 Å². The summed E-state index contributed by atoms with van der Waals surface area (Å²) in [5, 5.41) is 3.08. The maximum absolute atomic E-state index is 12.4. The SMILES string of the molecule is Cc1cccc(C(C)C)c1NC(=O)CSc1nc2ccccc2s1. The Balaban J connectivity index is 1.68. The zero-order valence-corrected chi connectivity index (χ0v) is 15.6. The third kappa shape index (κ3) is 3.79. The van der Waals surface area contributed by atoms with E-state index in [2.05, 4.69) is 36.3 Å². The minimum absolute atomic E-state index is 0.00968. The van der Waals surface area contributed by atoms with Gasteiger partial charge < -0.3 is 5.32 Å². The maximum Gasteiger partial charge on any atom is 0.234 e. The number of hydrogen-bond acceptors (Lipinski definition) is 4. The Labute approximate surface area is 150 Å². The summed E-state index contributed by atoms with van der Waals surface area (Å²) in [7, 11) is 0. The number of fused-ring (bicyclic) bond motifs is 1. The predicted octanol–water partition coefficient (Wildman–Crippen LogP) is 5.46. The number of nitrogens with zero attached hydrogens (tertiary/aromatic N) is 1. The molecule has 0 saturated heterocycles. The molecule has 0 aliphatic rings. The van der Waals surface area contributed by atoms with Crippen LogP contribution in [0.5, 0.6) is 0 Å². The summed E-state index contributed by atoms with van der Waals surface area (Å²) in [6.07, 6.45) is 0. The summed E-state index contributed by atoms with van der Waals surface area (Å²) in [5.41, 5.74) is 4.21. The topological polar surface area (TPSA) is 42.0 Å². The second-order valence-electron chi connectivity index (χ2n) is 5.98. The minimum atomic E-state index is 0.00968. The molecule has 2 aromatic carbocycles. The molecule has 3 aromatic rings. The second-order valence-corrected chi connectivity index (χ2v) is 8.23. The number of amides is 1. The molecule has 0 spiro atoms. The Morgan fingerprint density at radius 2 is 2.00 bits per heavy atom. The van der Waals surface area contributed by atoms with Crippen molar-refractivity contribution in [2.45, 2.75) is 31.0 Å². The van der Waals surface area contributed by atoms with Gasteiger partial charge in [-0.2, -0.15) is 0 Å². The standard InChI is InChI=1S/C19H20N2OS2/c1-12(2)14-8-6-7-13(3)18(14)21-17(22)11-23-19-20-15-9-4-5-10-16(15)24-19/h4-10,12H,11H2,1-3H3,(H,21,22). The van der Waals surface area contributed by atoms with Crippen molar-refractivity contribution in [3.05, 3.63) is 53.6 Å². The van der Waals surface area contributed by atoms with Crippen LogP contribution in [0.3, 0.4) is 0 Å². The zero-order chi connectivity index (χ0) is 17.1. The zero-order valence-electron chi connectivity index (χ0n) is 14.0. The van der Waals surface area contributed by atoms with E-state index < -0.39 is 0 Å². The summed E-state index contributed by atoms with van der Waals surface area (Å²) in [4.78, 5) is 16.9. The van der Waals surface area contributed by atoms with Crippen molar-refractivity contribution < 1.29 is 4.79 Å². The molecular weight excluding hydrogens is 336 g/mol. The maximum atomic E-state index is 12.4. The lowest BCUT2D eigenvalue weighted by Gasteiger charge is -2.16. The summed E-state index contributed by atoms with van der Waals surface area (Å²) in [5.74, 6) is 0.749. The molecule has 1 amide bonds. The molecule has 1 heterocycles. The molecule has 3 rings (SSSR count). The van der Waals surface area contributed by atoms with Gasteiger partial charge in [0, 0.05) is 5.69 Å². The molecule has 5 heteroatoms. The van der Waals surface area contributed by atoms with Gasteiger partial charge in [-0.3, -0.25) is 4.79 Å². The van der Waals surface area contributed by atoms with Crippen LogP contribution in [0.4, 0.5) is 5.69 Å². The van der Waals surface area contributed by atoms with Crippen LogP contribution in [0.25, 0.3) is 10.2 Å². The van der Waals surface area contributed by atoms with E-state index in [1.54, 1.807) is 11.3 Å². The quantitative estimate of drug-likeness (QED) is 0.617. The Bertz CT molecular complexity index is 838. The average molecular weight is 357 g/mol. The fourth-order valence-electron chi connectivity index (χ4n) is 2.56. The molecule has 0 bridgehead atoms. The highest BCUT2D eigenvalue weighted by Crippen LogP contribution is 2.30. The van der Waals surface area contributed by atoms with Gasteiger partial charge in [0.05, 0.1) is 16.0 Å². The number of aryl methyl sites for hydroxylation is 1. The Hall–Kier alpha value is -1.85. The number of anilines is 1. The first-order valence-corrected chi connectivity index (χ1v) is 9.72. The largest absolute Gasteiger partial charge is 0.325 e. The summed E-state index contributed by atoms with van der Waals surface area (Å²) in [6.45, 7) is 6.31. The molecule has 0 saturated carbocycles. The lowest BCUT2D eigenvalue weighted by molar-refractivity contribution is -0.113. The number of thiazole rings is 1. The van der Waals surface area contributed by atoms with Crippen molar-refractivity contribution in [3.8, 4) is 0 Å². The van der Waals surface area contributed by atoms with Crippen LogP contribution in [0.15, 0.2) is 46.8 Å². The first-order chi connectivity index (χ1) is 11.5.